The van der Waals surface area contributed by atoms with Crippen LogP contribution in [0.15, 0.2) is 24.4 Å². The molecule has 0 amide bonds. The van der Waals surface area contributed by atoms with Crippen molar-refractivity contribution in [2.45, 2.75) is 57.4 Å². The lowest BCUT2D eigenvalue weighted by Crippen LogP contribution is -2.36. The summed E-state index contributed by atoms with van der Waals surface area (Å²) in [7, 11) is 2.10. The van der Waals surface area contributed by atoms with E-state index in [0.717, 1.165) is 12.3 Å². The Morgan fingerprint density at radius 3 is 2.50 bits per heavy atom. The van der Waals surface area contributed by atoms with Crippen LogP contribution in [-0.2, 0) is 6.42 Å². The molecule has 1 unspecified atom stereocenters. The number of nitrogens with one attached hydrogen (secondary N) is 1. The van der Waals surface area contributed by atoms with Crippen molar-refractivity contribution >= 4 is 0 Å². The van der Waals surface area contributed by atoms with E-state index in [-0.39, 0.29) is 0 Å². The Hall–Kier alpha value is -0.890. The normalized spacial score (nSPS) is 20.1. The fraction of sp³-hybridized carbons (Fsp3) is 0.688. The summed E-state index contributed by atoms with van der Waals surface area (Å²) in [6.07, 6.45) is 12.9. The Bertz CT molecular complexity index is 315. The van der Waals surface area contributed by atoms with Crippen molar-refractivity contribution in [1.29, 1.82) is 0 Å². The van der Waals surface area contributed by atoms with E-state index in [2.05, 4.69) is 29.5 Å². The Morgan fingerprint density at radius 2 is 1.89 bits per heavy atom. The van der Waals surface area contributed by atoms with Crippen molar-refractivity contribution < 1.29 is 0 Å². The third-order valence-corrected chi connectivity index (χ3v) is 4.24. The average Bonchev–Trinajstić information content (AvgIpc) is 2.37. The molecule has 1 saturated carbocycles. The number of nitrogens with zero attached hydrogens (tertiary/aromatic N) is 1. The molecule has 1 fully saturated rings. The maximum absolute atomic E-state index is 4.46. The molecule has 18 heavy (non-hydrogen) atoms. The Morgan fingerprint density at radius 1 is 1.17 bits per heavy atom. The lowest BCUT2D eigenvalue weighted by atomic mass is 9.84. The van der Waals surface area contributed by atoms with Crippen LogP contribution in [0.4, 0.5) is 0 Å². The van der Waals surface area contributed by atoms with Crippen LogP contribution in [0.5, 0.6) is 0 Å². The van der Waals surface area contributed by atoms with Crippen LogP contribution >= 0.6 is 0 Å². The summed E-state index contributed by atoms with van der Waals surface area (Å²) in [6.45, 7) is 0. The van der Waals surface area contributed by atoms with E-state index in [0.29, 0.717) is 6.04 Å². The Labute approximate surface area is 111 Å². The second-order valence-electron chi connectivity index (χ2n) is 5.53. The minimum Gasteiger partial charge on any atom is -0.316 e. The van der Waals surface area contributed by atoms with E-state index in [4.69, 9.17) is 0 Å². The van der Waals surface area contributed by atoms with E-state index in [1.54, 1.807) is 0 Å². The molecule has 2 heteroatoms. The van der Waals surface area contributed by atoms with Crippen LogP contribution in [0, 0.1) is 5.92 Å². The second kappa shape index (κ2) is 7.52. The smallest absolute Gasteiger partial charge is 0.0419 e. The summed E-state index contributed by atoms with van der Waals surface area (Å²) < 4.78 is 0. The molecule has 1 aliphatic carbocycles. The van der Waals surface area contributed by atoms with Crippen molar-refractivity contribution in [2.75, 3.05) is 7.05 Å². The molecule has 1 heterocycles. The van der Waals surface area contributed by atoms with Crippen LogP contribution in [0.2, 0.25) is 0 Å². The zero-order valence-corrected chi connectivity index (χ0v) is 11.6. The average molecular weight is 246 g/mol. The Balaban J connectivity index is 1.93. The van der Waals surface area contributed by atoms with Crippen molar-refractivity contribution in [3.05, 3.63) is 30.1 Å². The SMILES string of the molecule is CNC(Cc1ccccn1)C1CCCCCCC1. The van der Waals surface area contributed by atoms with Crippen molar-refractivity contribution in [2.24, 2.45) is 5.92 Å². The first-order chi connectivity index (χ1) is 8.90. The van der Waals surface area contributed by atoms with Gasteiger partial charge in [-0.05, 0) is 37.9 Å². The minimum absolute atomic E-state index is 0.595. The zero-order chi connectivity index (χ0) is 12.6. The quantitative estimate of drug-likeness (QED) is 0.878. The summed E-state index contributed by atoms with van der Waals surface area (Å²) in [5, 5.41) is 3.53. The highest BCUT2D eigenvalue weighted by Crippen LogP contribution is 2.26. The molecule has 2 nitrogen and oxygen atoms in total. The monoisotopic (exact) mass is 246 g/mol. The number of aromatic nitrogens is 1. The molecule has 0 saturated heterocycles. The fourth-order valence-electron chi connectivity index (χ4n) is 3.14. The maximum Gasteiger partial charge on any atom is 0.0419 e. The second-order valence-corrected chi connectivity index (χ2v) is 5.53. The van der Waals surface area contributed by atoms with Crippen LogP contribution < -0.4 is 5.32 Å². The predicted molar refractivity (Wildman–Crippen MR) is 76.6 cm³/mol. The number of likely N-dealkylation sites (N-methyl/N-ethyl adjacent to an activating group) is 1. The molecule has 1 N–H and O–H groups in total. The molecule has 0 bridgehead atoms. The molecule has 1 aliphatic rings. The summed E-state index contributed by atoms with van der Waals surface area (Å²) in [6, 6.07) is 6.83. The van der Waals surface area contributed by atoms with Gasteiger partial charge in [0.05, 0.1) is 0 Å². The lowest BCUT2D eigenvalue weighted by Gasteiger charge is -2.28. The van der Waals surface area contributed by atoms with Crippen molar-refractivity contribution in [1.82, 2.24) is 10.3 Å². The van der Waals surface area contributed by atoms with Gasteiger partial charge in [-0.25, -0.2) is 0 Å². The highest BCUT2D eigenvalue weighted by Gasteiger charge is 2.21. The first-order valence-corrected chi connectivity index (χ1v) is 7.47. The van der Waals surface area contributed by atoms with Gasteiger partial charge in [0.1, 0.15) is 0 Å². The zero-order valence-electron chi connectivity index (χ0n) is 11.6. The van der Waals surface area contributed by atoms with Crippen LogP contribution in [0.25, 0.3) is 0 Å². The van der Waals surface area contributed by atoms with Crippen LogP contribution in [-0.4, -0.2) is 18.1 Å². The number of hydrogen-bond acceptors (Lipinski definition) is 2. The minimum atomic E-state index is 0.595. The van der Waals surface area contributed by atoms with Gasteiger partial charge in [-0.2, -0.15) is 0 Å². The summed E-state index contributed by atoms with van der Waals surface area (Å²) >= 11 is 0. The molecular formula is C16H26N2. The van der Waals surface area contributed by atoms with Gasteiger partial charge < -0.3 is 5.32 Å². The van der Waals surface area contributed by atoms with Gasteiger partial charge in [-0.3, -0.25) is 4.98 Å². The van der Waals surface area contributed by atoms with E-state index in [9.17, 15) is 0 Å². The first-order valence-electron chi connectivity index (χ1n) is 7.47. The van der Waals surface area contributed by atoms with Gasteiger partial charge in [0.2, 0.25) is 0 Å². The molecule has 0 aromatic carbocycles. The highest BCUT2D eigenvalue weighted by atomic mass is 14.9. The molecule has 1 aromatic rings. The van der Waals surface area contributed by atoms with Crippen LogP contribution in [0.1, 0.15) is 50.6 Å². The first kappa shape index (κ1) is 13.5. The predicted octanol–water partition coefficient (Wildman–Crippen LogP) is 3.57. The summed E-state index contributed by atoms with van der Waals surface area (Å²) in [4.78, 5) is 4.46. The summed E-state index contributed by atoms with van der Waals surface area (Å²) in [5.74, 6) is 0.831. The maximum atomic E-state index is 4.46. The molecular weight excluding hydrogens is 220 g/mol. The molecule has 2 rings (SSSR count). The van der Waals surface area contributed by atoms with Gasteiger partial charge in [0, 0.05) is 24.4 Å². The van der Waals surface area contributed by atoms with Crippen LogP contribution in [0.3, 0.4) is 0 Å². The molecule has 100 valence electrons. The van der Waals surface area contributed by atoms with Gasteiger partial charge >= 0.3 is 0 Å². The largest absolute Gasteiger partial charge is 0.316 e. The molecule has 0 spiro atoms. The van der Waals surface area contributed by atoms with E-state index in [1.807, 2.05) is 12.3 Å². The fourth-order valence-corrected chi connectivity index (χ4v) is 3.14. The van der Waals surface area contributed by atoms with Gasteiger partial charge in [0.15, 0.2) is 0 Å². The van der Waals surface area contributed by atoms with Crippen molar-refractivity contribution in [3.63, 3.8) is 0 Å². The van der Waals surface area contributed by atoms with E-state index < -0.39 is 0 Å². The van der Waals surface area contributed by atoms with Gasteiger partial charge in [-0.1, -0.05) is 38.2 Å². The summed E-state index contributed by atoms with van der Waals surface area (Å²) in [5.41, 5.74) is 1.22. The molecule has 1 aromatic heterocycles. The highest BCUT2D eigenvalue weighted by molar-refractivity contribution is 5.05. The molecule has 0 radical (unpaired) electrons. The number of pyridine rings is 1. The van der Waals surface area contributed by atoms with Gasteiger partial charge in [0.25, 0.3) is 0 Å². The third kappa shape index (κ3) is 4.09. The standard InChI is InChI=1S/C16H26N2/c1-17-16(13-15-11-7-8-12-18-15)14-9-5-3-2-4-6-10-14/h7-8,11-12,14,16-17H,2-6,9-10,13H2,1H3. The molecule has 0 aliphatic heterocycles. The van der Waals surface area contributed by atoms with Gasteiger partial charge in [-0.15, -0.1) is 0 Å². The number of rotatable bonds is 4. The van der Waals surface area contributed by atoms with Crippen molar-refractivity contribution in [3.8, 4) is 0 Å². The number of hydrogen-bond donors (Lipinski definition) is 1. The lowest BCUT2D eigenvalue weighted by molar-refractivity contribution is 0.292. The molecule has 1 atom stereocenters. The Kier molecular flexibility index (Phi) is 5.66. The third-order valence-electron chi connectivity index (χ3n) is 4.24. The van der Waals surface area contributed by atoms with E-state index >= 15 is 0 Å². The van der Waals surface area contributed by atoms with E-state index in [1.165, 1.54) is 50.6 Å². The topological polar surface area (TPSA) is 24.9 Å².